The predicted octanol–water partition coefficient (Wildman–Crippen LogP) is 4.31. The Labute approximate surface area is 234 Å². The molecular weight excluding hydrogens is 538 g/mol. The summed E-state index contributed by atoms with van der Waals surface area (Å²) in [4.78, 5) is 28.8. The molecule has 4 rings (SSSR count). The van der Waals surface area contributed by atoms with Gasteiger partial charge in [-0.3, -0.25) is 4.79 Å². The largest absolute Gasteiger partial charge is 0.477 e. The maximum Gasteiger partial charge on any atom is 0.348 e. The number of anilines is 1. The Kier molecular flexibility index (Phi) is 8.52. The van der Waals surface area contributed by atoms with Crippen LogP contribution in [0.5, 0.6) is 0 Å². The van der Waals surface area contributed by atoms with Crippen molar-refractivity contribution in [2.75, 3.05) is 4.90 Å². The number of amides is 1. The van der Waals surface area contributed by atoms with Crippen LogP contribution in [0.1, 0.15) is 93.6 Å². The van der Waals surface area contributed by atoms with Crippen LogP contribution in [0.4, 0.5) is 5.69 Å². The molecule has 0 aliphatic heterocycles. The highest BCUT2D eigenvalue weighted by Gasteiger charge is 2.41. The average Bonchev–Trinajstić information content (AvgIpc) is 3.50. The number of carboxylic acids is 1. The Morgan fingerprint density at radius 1 is 1.10 bits per heavy atom. The molecule has 0 spiro atoms. The summed E-state index contributed by atoms with van der Waals surface area (Å²) in [6, 6.07) is 1.42. The molecule has 2 aromatic rings. The van der Waals surface area contributed by atoms with E-state index in [2.05, 4.69) is 34.3 Å². The van der Waals surface area contributed by atoms with Gasteiger partial charge in [-0.1, -0.05) is 23.9 Å². The predicted molar refractivity (Wildman–Crippen MR) is 148 cm³/mol. The van der Waals surface area contributed by atoms with Gasteiger partial charge in [0.25, 0.3) is 5.16 Å². The second-order valence-corrected chi connectivity index (χ2v) is 15.0. The monoisotopic (exact) mass is 575 g/mol. The van der Waals surface area contributed by atoms with Gasteiger partial charge in [-0.05, 0) is 94.5 Å². The minimum Gasteiger partial charge on any atom is -0.477 e. The van der Waals surface area contributed by atoms with E-state index in [0.29, 0.717) is 42.2 Å². The van der Waals surface area contributed by atoms with E-state index in [1.54, 1.807) is 11.0 Å². The summed E-state index contributed by atoms with van der Waals surface area (Å²) >= 11 is 1.08. The van der Waals surface area contributed by atoms with E-state index < -0.39 is 21.1 Å². The molecule has 2 heterocycles. The Bertz CT molecular complexity index is 1380. The van der Waals surface area contributed by atoms with Crippen molar-refractivity contribution in [3.8, 4) is 11.8 Å². The number of nitrogens with zero attached hydrogens (tertiary/aromatic N) is 5. The highest BCUT2D eigenvalue weighted by molar-refractivity contribution is 7.91. The number of hydrogen-bond acceptors (Lipinski definition) is 8. The van der Waals surface area contributed by atoms with Crippen molar-refractivity contribution in [2.24, 2.45) is 24.3 Å². The maximum absolute atomic E-state index is 14.1. The lowest BCUT2D eigenvalue weighted by atomic mass is 9.81. The molecule has 2 aliphatic carbocycles. The molecule has 1 N–H and O–H groups in total. The van der Waals surface area contributed by atoms with Gasteiger partial charge in [0.05, 0.1) is 15.8 Å². The van der Waals surface area contributed by atoms with E-state index in [0.717, 1.165) is 41.7 Å². The van der Waals surface area contributed by atoms with Crippen LogP contribution < -0.4 is 4.90 Å². The molecule has 0 atom stereocenters. The van der Waals surface area contributed by atoms with Crippen LogP contribution >= 0.6 is 11.3 Å². The van der Waals surface area contributed by atoms with Gasteiger partial charge in [0.15, 0.2) is 0 Å². The molecular formula is C27H37N5O5S2. The van der Waals surface area contributed by atoms with Gasteiger partial charge in [-0.25, -0.2) is 17.9 Å². The molecule has 1 amide bonds. The van der Waals surface area contributed by atoms with Gasteiger partial charge in [0, 0.05) is 24.4 Å². The Morgan fingerprint density at radius 2 is 1.74 bits per heavy atom. The first kappa shape index (κ1) is 29.2. The molecule has 2 aromatic heterocycles. The van der Waals surface area contributed by atoms with Gasteiger partial charge in [0.1, 0.15) is 4.88 Å². The van der Waals surface area contributed by atoms with E-state index in [1.807, 2.05) is 20.8 Å². The van der Waals surface area contributed by atoms with Crippen LogP contribution in [-0.2, 0) is 21.7 Å². The number of carbonyl (C=O) groups is 2. The van der Waals surface area contributed by atoms with E-state index >= 15 is 0 Å². The van der Waals surface area contributed by atoms with Gasteiger partial charge in [-0.2, -0.15) is 0 Å². The zero-order valence-corrected chi connectivity index (χ0v) is 24.8. The molecule has 2 aliphatic rings. The van der Waals surface area contributed by atoms with E-state index in [1.165, 1.54) is 7.05 Å². The number of carbonyl (C=O) groups excluding carboxylic acids is 1. The third-order valence-corrected chi connectivity index (χ3v) is 10.8. The van der Waals surface area contributed by atoms with Crippen molar-refractivity contribution in [3.05, 3.63) is 15.8 Å². The molecule has 0 bridgehead atoms. The number of aromatic nitrogens is 4. The summed E-state index contributed by atoms with van der Waals surface area (Å²) < 4.78 is 27.5. The van der Waals surface area contributed by atoms with E-state index in [4.69, 9.17) is 0 Å². The number of hydrogen-bond donors (Lipinski definition) is 1. The summed E-state index contributed by atoms with van der Waals surface area (Å²) in [5.41, 5.74) is 0.113. The van der Waals surface area contributed by atoms with Crippen molar-refractivity contribution in [1.29, 1.82) is 0 Å². The molecule has 0 aromatic carbocycles. The molecule has 0 radical (unpaired) electrons. The van der Waals surface area contributed by atoms with Gasteiger partial charge in [-0.15, -0.1) is 11.3 Å². The normalized spacial score (nSPS) is 24.0. The Hall–Kier alpha value is -2.78. The fourth-order valence-corrected chi connectivity index (χ4v) is 8.04. The quantitative estimate of drug-likeness (QED) is 0.504. The Morgan fingerprint density at radius 3 is 2.28 bits per heavy atom. The van der Waals surface area contributed by atoms with Gasteiger partial charge < -0.3 is 10.0 Å². The van der Waals surface area contributed by atoms with Crippen LogP contribution in [0.25, 0.3) is 0 Å². The fraction of sp³-hybridized carbons (Fsp3) is 0.667. The third kappa shape index (κ3) is 6.52. The van der Waals surface area contributed by atoms with Gasteiger partial charge >= 0.3 is 5.97 Å². The molecule has 2 fully saturated rings. The molecule has 2 saturated carbocycles. The standard InChI is InChI=1S/C27H37N5O5S2/c1-17-6-8-18(9-7-17)24(33)32(22-16-20(14-15-27(2,3)4)38-23(22)25(34)35)19-10-12-21(13-11-19)39(36,37)26-28-29-30-31(26)5/h16-19,21H,6-13H2,1-5H3,(H,34,35). The first-order chi connectivity index (χ1) is 18.3. The van der Waals surface area contributed by atoms with Crippen LogP contribution in [0.3, 0.4) is 0 Å². The third-order valence-electron chi connectivity index (χ3n) is 7.61. The lowest BCUT2D eigenvalue weighted by Gasteiger charge is -2.39. The summed E-state index contributed by atoms with van der Waals surface area (Å²) in [7, 11) is -2.24. The summed E-state index contributed by atoms with van der Waals surface area (Å²) in [6.45, 7) is 8.14. The first-order valence-electron chi connectivity index (χ1n) is 13.5. The number of rotatable bonds is 6. The lowest BCUT2D eigenvalue weighted by molar-refractivity contribution is -0.124. The van der Waals surface area contributed by atoms with Crippen LogP contribution in [0.15, 0.2) is 11.2 Å². The smallest absolute Gasteiger partial charge is 0.348 e. The second kappa shape index (κ2) is 11.4. The highest BCUT2D eigenvalue weighted by atomic mass is 32.2. The minimum absolute atomic E-state index is 0.0682. The number of sulfone groups is 1. The molecule has 10 nitrogen and oxygen atoms in total. The molecule has 0 saturated heterocycles. The first-order valence-corrected chi connectivity index (χ1v) is 15.8. The maximum atomic E-state index is 14.1. The van der Waals surface area contributed by atoms with E-state index in [-0.39, 0.29) is 33.3 Å². The van der Waals surface area contributed by atoms with E-state index in [9.17, 15) is 23.1 Å². The molecule has 12 heteroatoms. The zero-order valence-electron chi connectivity index (χ0n) is 23.2. The highest BCUT2D eigenvalue weighted by Crippen LogP contribution is 2.40. The average molecular weight is 576 g/mol. The number of carboxylic acid groups (broad SMARTS) is 1. The van der Waals surface area contributed by atoms with Crippen molar-refractivity contribution < 1.29 is 23.1 Å². The zero-order chi connectivity index (χ0) is 28.5. The second-order valence-electron chi connectivity index (χ2n) is 11.9. The number of thiophene rings is 1. The summed E-state index contributed by atoms with van der Waals surface area (Å²) in [6.07, 6.45) is 4.97. The summed E-state index contributed by atoms with van der Waals surface area (Å²) in [5, 5.41) is 20.1. The molecule has 39 heavy (non-hydrogen) atoms. The minimum atomic E-state index is -3.74. The molecule has 212 valence electrons. The summed E-state index contributed by atoms with van der Waals surface area (Å²) in [5.74, 6) is 5.47. The van der Waals surface area contributed by atoms with Crippen LogP contribution in [0, 0.1) is 29.1 Å². The SMILES string of the molecule is CC1CCC(C(=O)N(c2cc(C#CC(C)(C)C)sc2C(=O)O)C2CCC(S(=O)(=O)c3nnnn3C)CC2)CC1. The topological polar surface area (TPSA) is 135 Å². The number of aromatic carboxylic acids is 1. The number of tetrazole rings is 1. The molecule has 0 unspecified atom stereocenters. The van der Waals surface area contributed by atoms with Crippen molar-refractivity contribution in [3.63, 3.8) is 0 Å². The lowest BCUT2D eigenvalue weighted by Crippen LogP contribution is -2.47. The van der Waals surface area contributed by atoms with Crippen molar-refractivity contribution in [1.82, 2.24) is 20.2 Å². The van der Waals surface area contributed by atoms with Crippen molar-refractivity contribution >= 4 is 38.7 Å². The number of aryl methyl sites for hydroxylation is 1. The Balaban J connectivity index is 1.67. The van der Waals surface area contributed by atoms with Gasteiger partial charge in [0.2, 0.25) is 15.7 Å². The van der Waals surface area contributed by atoms with Crippen LogP contribution in [0.2, 0.25) is 0 Å². The van der Waals surface area contributed by atoms with Crippen molar-refractivity contribution in [2.45, 2.75) is 95.5 Å². The van der Waals surface area contributed by atoms with Crippen LogP contribution in [-0.4, -0.2) is 56.9 Å². The fourth-order valence-electron chi connectivity index (χ4n) is 5.45.